The SMILES string of the molecule is COc1cccc(C(n2ccc3ccccc32)n2ccc3ccccc32)c1. The van der Waals surface area contributed by atoms with E-state index < -0.39 is 0 Å². The number of hydrogen-bond donors (Lipinski definition) is 0. The Morgan fingerprint density at radius 2 is 1.26 bits per heavy atom. The van der Waals surface area contributed by atoms with Crippen molar-refractivity contribution in [1.29, 1.82) is 0 Å². The number of methoxy groups -OCH3 is 1. The number of benzene rings is 3. The van der Waals surface area contributed by atoms with Crippen LogP contribution in [0.3, 0.4) is 0 Å². The predicted octanol–water partition coefficient (Wildman–Crippen LogP) is 5.70. The van der Waals surface area contributed by atoms with Gasteiger partial charge in [0.1, 0.15) is 11.9 Å². The molecular formula is C24H20N2O. The fourth-order valence-corrected chi connectivity index (χ4v) is 3.89. The maximum absolute atomic E-state index is 5.50. The van der Waals surface area contributed by atoms with Crippen molar-refractivity contribution in [2.75, 3.05) is 7.11 Å². The molecule has 27 heavy (non-hydrogen) atoms. The molecule has 5 rings (SSSR count). The highest BCUT2D eigenvalue weighted by Crippen LogP contribution is 2.31. The van der Waals surface area contributed by atoms with Gasteiger partial charge in [-0.1, -0.05) is 48.5 Å². The number of hydrogen-bond acceptors (Lipinski definition) is 1. The lowest BCUT2D eigenvalue weighted by Crippen LogP contribution is -2.18. The van der Waals surface area contributed by atoms with Crippen molar-refractivity contribution in [3.63, 3.8) is 0 Å². The average Bonchev–Trinajstić information content (AvgIpc) is 3.34. The molecule has 0 aliphatic heterocycles. The summed E-state index contributed by atoms with van der Waals surface area (Å²) in [4.78, 5) is 0. The quantitative estimate of drug-likeness (QED) is 0.406. The monoisotopic (exact) mass is 352 g/mol. The first kappa shape index (κ1) is 15.8. The molecule has 132 valence electrons. The van der Waals surface area contributed by atoms with Crippen LogP contribution in [0.4, 0.5) is 0 Å². The lowest BCUT2D eigenvalue weighted by molar-refractivity contribution is 0.412. The van der Waals surface area contributed by atoms with Crippen molar-refractivity contribution >= 4 is 21.8 Å². The van der Waals surface area contributed by atoms with E-state index >= 15 is 0 Å². The van der Waals surface area contributed by atoms with Gasteiger partial charge in [-0.05, 0) is 52.7 Å². The Hall–Kier alpha value is -3.46. The molecule has 0 saturated heterocycles. The van der Waals surface area contributed by atoms with Crippen LogP contribution < -0.4 is 4.74 Å². The summed E-state index contributed by atoms with van der Waals surface area (Å²) in [6.45, 7) is 0. The number of ether oxygens (including phenoxy) is 1. The number of rotatable bonds is 4. The van der Waals surface area contributed by atoms with E-state index in [2.05, 4.69) is 100 Å². The highest BCUT2D eigenvalue weighted by molar-refractivity contribution is 5.82. The lowest BCUT2D eigenvalue weighted by Gasteiger charge is -2.24. The molecule has 0 spiro atoms. The summed E-state index contributed by atoms with van der Waals surface area (Å²) in [5.41, 5.74) is 3.60. The smallest absolute Gasteiger partial charge is 0.136 e. The van der Waals surface area contributed by atoms with E-state index in [1.54, 1.807) is 7.11 Å². The molecule has 0 fully saturated rings. The Labute approximate surface area is 158 Å². The zero-order chi connectivity index (χ0) is 18.2. The molecular weight excluding hydrogens is 332 g/mol. The van der Waals surface area contributed by atoms with Crippen molar-refractivity contribution in [2.45, 2.75) is 6.17 Å². The largest absolute Gasteiger partial charge is 0.497 e. The van der Waals surface area contributed by atoms with Crippen LogP contribution in [0.5, 0.6) is 5.75 Å². The first-order valence-corrected chi connectivity index (χ1v) is 9.10. The van der Waals surface area contributed by atoms with Gasteiger partial charge in [0.25, 0.3) is 0 Å². The average molecular weight is 352 g/mol. The second-order valence-corrected chi connectivity index (χ2v) is 6.71. The van der Waals surface area contributed by atoms with Crippen LogP contribution in [0.15, 0.2) is 97.3 Å². The van der Waals surface area contributed by atoms with Gasteiger partial charge in [-0.25, -0.2) is 0 Å². The lowest BCUT2D eigenvalue weighted by atomic mass is 10.1. The van der Waals surface area contributed by atoms with E-state index in [4.69, 9.17) is 4.74 Å². The first-order chi connectivity index (χ1) is 13.3. The van der Waals surface area contributed by atoms with Crippen molar-refractivity contribution in [3.05, 3.63) is 103 Å². The normalized spacial score (nSPS) is 11.5. The van der Waals surface area contributed by atoms with Gasteiger partial charge in [-0.3, -0.25) is 0 Å². The maximum atomic E-state index is 5.50. The molecule has 5 aromatic rings. The fourth-order valence-electron chi connectivity index (χ4n) is 3.89. The summed E-state index contributed by atoms with van der Waals surface area (Å²) in [5.74, 6) is 0.866. The first-order valence-electron chi connectivity index (χ1n) is 9.10. The van der Waals surface area contributed by atoms with Crippen LogP contribution in [-0.4, -0.2) is 16.2 Å². The molecule has 3 aromatic carbocycles. The van der Waals surface area contributed by atoms with Gasteiger partial charge in [0, 0.05) is 12.4 Å². The van der Waals surface area contributed by atoms with Crippen LogP contribution >= 0.6 is 0 Å². The standard InChI is InChI=1S/C24H20N2O/c1-27-21-10-6-9-20(17-21)24(25-15-13-18-7-2-4-11-22(18)25)26-16-14-19-8-3-5-12-23(19)26/h2-17,24H,1H3. The fraction of sp³-hybridized carbons (Fsp3) is 0.0833. The Morgan fingerprint density at radius 3 is 1.85 bits per heavy atom. The number of aromatic nitrogens is 2. The van der Waals surface area contributed by atoms with Gasteiger partial charge in [0.15, 0.2) is 0 Å². The minimum atomic E-state index is -0.0000926. The summed E-state index contributed by atoms with van der Waals surface area (Å²) >= 11 is 0. The van der Waals surface area contributed by atoms with E-state index in [0.29, 0.717) is 0 Å². The highest BCUT2D eigenvalue weighted by atomic mass is 16.5. The summed E-state index contributed by atoms with van der Waals surface area (Å²) in [6, 6.07) is 29.7. The molecule has 0 bridgehead atoms. The minimum absolute atomic E-state index is 0.0000926. The summed E-state index contributed by atoms with van der Waals surface area (Å²) < 4.78 is 10.2. The zero-order valence-electron chi connectivity index (χ0n) is 15.1. The van der Waals surface area contributed by atoms with Crippen LogP contribution in [0.2, 0.25) is 0 Å². The number of fused-ring (bicyclic) bond motifs is 2. The third-order valence-electron chi connectivity index (χ3n) is 5.18. The van der Waals surface area contributed by atoms with Gasteiger partial charge < -0.3 is 13.9 Å². The van der Waals surface area contributed by atoms with E-state index in [1.807, 2.05) is 6.07 Å². The minimum Gasteiger partial charge on any atom is -0.497 e. The Kier molecular flexibility index (Phi) is 3.72. The molecule has 0 aliphatic carbocycles. The second-order valence-electron chi connectivity index (χ2n) is 6.71. The van der Waals surface area contributed by atoms with Crippen molar-refractivity contribution in [1.82, 2.24) is 9.13 Å². The molecule has 2 heterocycles. The zero-order valence-corrected chi connectivity index (χ0v) is 15.1. The molecule has 0 saturated carbocycles. The van der Waals surface area contributed by atoms with Gasteiger partial charge in [0.05, 0.1) is 18.1 Å². The Morgan fingerprint density at radius 1 is 0.667 bits per heavy atom. The van der Waals surface area contributed by atoms with E-state index in [1.165, 1.54) is 27.4 Å². The number of nitrogens with zero attached hydrogens (tertiary/aromatic N) is 2. The molecule has 0 radical (unpaired) electrons. The van der Waals surface area contributed by atoms with E-state index in [-0.39, 0.29) is 6.17 Å². The van der Waals surface area contributed by atoms with Crippen molar-refractivity contribution in [3.8, 4) is 5.75 Å². The molecule has 0 N–H and O–H groups in total. The van der Waals surface area contributed by atoms with E-state index in [9.17, 15) is 0 Å². The van der Waals surface area contributed by atoms with Crippen LogP contribution in [-0.2, 0) is 0 Å². The van der Waals surface area contributed by atoms with Crippen molar-refractivity contribution < 1.29 is 4.74 Å². The summed E-state index contributed by atoms with van der Waals surface area (Å²) in [6.07, 6.45) is 4.34. The maximum Gasteiger partial charge on any atom is 0.136 e. The van der Waals surface area contributed by atoms with Crippen LogP contribution in [0.1, 0.15) is 11.7 Å². The third-order valence-corrected chi connectivity index (χ3v) is 5.18. The van der Waals surface area contributed by atoms with E-state index in [0.717, 1.165) is 5.75 Å². The summed E-state index contributed by atoms with van der Waals surface area (Å²) in [7, 11) is 1.71. The van der Waals surface area contributed by atoms with Crippen molar-refractivity contribution in [2.24, 2.45) is 0 Å². The Bertz CT molecular complexity index is 1160. The summed E-state index contributed by atoms with van der Waals surface area (Å²) in [5, 5.41) is 2.48. The van der Waals surface area contributed by atoms with Gasteiger partial charge in [-0.15, -0.1) is 0 Å². The van der Waals surface area contributed by atoms with Gasteiger partial charge in [0.2, 0.25) is 0 Å². The molecule has 0 unspecified atom stereocenters. The second kappa shape index (κ2) is 6.36. The van der Waals surface area contributed by atoms with Crippen LogP contribution in [0, 0.1) is 0 Å². The molecule has 0 aliphatic rings. The molecule has 0 atom stereocenters. The Balaban J connectivity index is 1.79. The molecule has 3 heteroatoms. The predicted molar refractivity (Wildman–Crippen MR) is 110 cm³/mol. The molecule has 3 nitrogen and oxygen atoms in total. The van der Waals surface area contributed by atoms with Crippen LogP contribution in [0.25, 0.3) is 21.8 Å². The third kappa shape index (κ3) is 2.59. The number of para-hydroxylation sites is 2. The topological polar surface area (TPSA) is 19.1 Å². The van der Waals surface area contributed by atoms with Gasteiger partial charge in [-0.2, -0.15) is 0 Å². The molecule has 2 aromatic heterocycles. The van der Waals surface area contributed by atoms with Gasteiger partial charge >= 0.3 is 0 Å². The highest BCUT2D eigenvalue weighted by Gasteiger charge is 2.19. The molecule has 0 amide bonds.